The first kappa shape index (κ1) is 18.8. The molecule has 0 saturated carbocycles. The van der Waals surface area contributed by atoms with Gasteiger partial charge in [-0.15, -0.1) is 0 Å². The Bertz CT molecular complexity index is 944. The first-order valence-corrected chi connectivity index (χ1v) is 9.25. The Morgan fingerprint density at radius 1 is 0.964 bits per heavy atom. The minimum absolute atomic E-state index is 0.0406. The fraction of sp³-hybridized carbons (Fsp3) is 0.333. The Labute approximate surface area is 162 Å². The van der Waals surface area contributed by atoms with Gasteiger partial charge in [0.25, 0.3) is 5.91 Å². The molecule has 0 spiro atoms. The van der Waals surface area contributed by atoms with Crippen molar-refractivity contribution in [3.63, 3.8) is 0 Å². The maximum Gasteiger partial charge on any atom is 0.252 e. The third-order valence-electron chi connectivity index (χ3n) is 5.58. The first-order chi connectivity index (χ1) is 13.4. The molecule has 1 fully saturated rings. The molecular weight excluding hydrogens is 360 g/mol. The summed E-state index contributed by atoms with van der Waals surface area (Å²) in [7, 11) is 0. The summed E-state index contributed by atoms with van der Waals surface area (Å²) < 4.78 is 0. The van der Waals surface area contributed by atoms with Crippen molar-refractivity contribution in [1.82, 2.24) is 10.6 Å². The summed E-state index contributed by atoms with van der Waals surface area (Å²) in [5, 5.41) is 35.6. The number of carbonyl (C=O) groups is 2. The molecule has 0 bridgehead atoms. The van der Waals surface area contributed by atoms with E-state index >= 15 is 0 Å². The highest BCUT2D eigenvalue weighted by molar-refractivity contribution is 6.25. The molecule has 7 nitrogen and oxygen atoms in total. The summed E-state index contributed by atoms with van der Waals surface area (Å²) in [5.41, 5.74) is 2.77. The second kappa shape index (κ2) is 7.10. The van der Waals surface area contributed by atoms with Crippen LogP contribution in [0.3, 0.4) is 0 Å². The number of aliphatic hydroxyl groups is 3. The lowest BCUT2D eigenvalue weighted by Gasteiger charge is -2.40. The number of rotatable bonds is 3. The zero-order valence-corrected chi connectivity index (χ0v) is 15.3. The molecule has 1 amide bonds. The van der Waals surface area contributed by atoms with Gasteiger partial charge in [-0.3, -0.25) is 9.59 Å². The van der Waals surface area contributed by atoms with Gasteiger partial charge in [0, 0.05) is 23.7 Å². The number of piperidine rings is 1. The fourth-order valence-electron chi connectivity index (χ4n) is 4.01. The van der Waals surface area contributed by atoms with E-state index in [0.29, 0.717) is 11.1 Å². The number of amides is 1. The molecule has 7 heteroatoms. The molecule has 5 N–H and O–H groups in total. The van der Waals surface area contributed by atoms with Crippen LogP contribution in [0.2, 0.25) is 0 Å². The standard InChI is InChI=1S/C21H22N2O5/c1-10-17(24)20(27)19(26)15(23-10)9-22-21(28)14-8-4-7-12-11-5-2-3-6-13(11)18(25)16(12)14/h2-8,10,15,17,19-20,23-24,26-27H,9H2,1H3,(H,22,28)/t10-,15+,17+,19+,20+/m0/s1. The molecule has 1 aliphatic carbocycles. The Morgan fingerprint density at radius 2 is 1.64 bits per heavy atom. The summed E-state index contributed by atoms with van der Waals surface area (Å²) in [6.07, 6.45) is -3.61. The molecule has 2 aromatic rings. The van der Waals surface area contributed by atoms with E-state index in [0.717, 1.165) is 11.1 Å². The highest BCUT2D eigenvalue weighted by atomic mass is 16.4. The van der Waals surface area contributed by atoms with E-state index in [1.807, 2.05) is 18.2 Å². The molecule has 4 rings (SSSR count). The van der Waals surface area contributed by atoms with Crippen molar-refractivity contribution in [2.45, 2.75) is 37.3 Å². The van der Waals surface area contributed by atoms with Crippen LogP contribution >= 0.6 is 0 Å². The van der Waals surface area contributed by atoms with E-state index in [9.17, 15) is 24.9 Å². The number of aliphatic hydroxyl groups excluding tert-OH is 3. The van der Waals surface area contributed by atoms with Gasteiger partial charge < -0.3 is 26.0 Å². The molecule has 0 unspecified atom stereocenters. The highest BCUT2D eigenvalue weighted by Crippen LogP contribution is 2.38. The van der Waals surface area contributed by atoms with Crippen LogP contribution in [0, 0.1) is 0 Å². The van der Waals surface area contributed by atoms with Crippen LogP contribution < -0.4 is 10.6 Å². The van der Waals surface area contributed by atoms with Crippen LogP contribution in [0.1, 0.15) is 33.2 Å². The predicted molar refractivity (Wildman–Crippen MR) is 102 cm³/mol. The van der Waals surface area contributed by atoms with Gasteiger partial charge in [0.05, 0.1) is 23.8 Å². The van der Waals surface area contributed by atoms with E-state index in [1.54, 1.807) is 31.2 Å². The first-order valence-electron chi connectivity index (χ1n) is 9.25. The molecule has 0 aromatic heterocycles. The second-order valence-corrected chi connectivity index (χ2v) is 7.35. The lowest BCUT2D eigenvalue weighted by Crippen LogP contribution is -2.66. The maximum atomic E-state index is 12.8. The normalized spacial score (nSPS) is 28.6. The lowest BCUT2D eigenvalue weighted by atomic mass is 9.91. The molecule has 2 aliphatic rings. The zero-order chi connectivity index (χ0) is 20.0. The number of nitrogens with one attached hydrogen (secondary N) is 2. The number of fused-ring (bicyclic) bond motifs is 3. The highest BCUT2D eigenvalue weighted by Gasteiger charge is 2.40. The molecule has 2 aromatic carbocycles. The molecule has 1 aliphatic heterocycles. The molecule has 146 valence electrons. The minimum atomic E-state index is -1.30. The van der Waals surface area contributed by atoms with Crippen molar-refractivity contribution in [3.05, 3.63) is 59.2 Å². The van der Waals surface area contributed by atoms with Gasteiger partial charge in [-0.1, -0.05) is 36.4 Å². The van der Waals surface area contributed by atoms with Gasteiger partial charge in [-0.25, -0.2) is 0 Å². The molecule has 5 atom stereocenters. The van der Waals surface area contributed by atoms with Gasteiger partial charge in [0.2, 0.25) is 0 Å². The number of ketones is 1. The summed E-state index contributed by atoms with van der Waals surface area (Å²) in [5.74, 6) is -0.611. The van der Waals surface area contributed by atoms with Crippen LogP contribution in [0.25, 0.3) is 11.1 Å². The Morgan fingerprint density at radius 3 is 2.39 bits per heavy atom. The van der Waals surface area contributed by atoms with Crippen molar-refractivity contribution in [1.29, 1.82) is 0 Å². The smallest absolute Gasteiger partial charge is 0.252 e. The van der Waals surface area contributed by atoms with Gasteiger partial charge in [0.1, 0.15) is 6.10 Å². The van der Waals surface area contributed by atoms with Crippen LogP contribution in [0.15, 0.2) is 42.5 Å². The topological polar surface area (TPSA) is 119 Å². The average Bonchev–Trinajstić information content (AvgIpc) is 3.01. The van der Waals surface area contributed by atoms with Crippen molar-refractivity contribution in [3.8, 4) is 11.1 Å². The second-order valence-electron chi connectivity index (χ2n) is 7.35. The van der Waals surface area contributed by atoms with Crippen LogP contribution in [-0.2, 0) is 0 Å². The number of hydrogen-bond donors (Lipinski definition) is 5. The maximum absolute atomic E-state index is 12.8. The SMILES string of the molecule is C[C@@H]1N[C@H](CNC(=O)c2cccc3c2C(=O)c2ccccc2-3)[C@@H](O)[C@H](O)[C@@H]1O. The summed E-state index contributed by atoms with van der Waals surface area (Å²) in [6.45, 7) is 1.73. The summed E-state index contributed by atoms with van der Waals surface area (Å²) in [6, 6.07) is 11.3. The molecule has 0 radical (unpaired) electrons. The van der Waals surface area contributed by atoms with E-state index in [2.05, 4.69) is 10.6 Å². The minimum Gasteiger partial charge on any atom is -0.389 e. The molecule has 28 heavy (non-hydrogen) atoms. The average molecular weight is 382 g/mol. The van der Waals surface area contributed by atoms with Crippen LogP contribution in [-0.4, -0.2) is 64.0 Å². The van der Waals surface area contributed by atoms with Gasteiger partial charge in [0.15, 0.2) is 5.78 Å². The fourth-order valence-corrected chi connectivity index (χ4v) is 4.01. The number of benzene rings is 2. The van der Waals surface area contributed by atoms with Gasteiger partial charge in [-0.2, -0.15) is 0 Å². The van der Waals surface area contributed by atoms with Gasteiger partial charge >= 0.3 is 0 Å². The Balaban J connectivity index is 1.54. The quantitative estimate of drug-likeness (QED) is 0.438. The van der Waals surface area contributed by atoms with Crippen LogP contribution in [0.4, 0.5) is 0 Å². The van der Waals surface area contributed by atoms with Crippen molar-refractivity contribution < 1.29 is 24.9 Å². The number of carbonyl (C=O) groups excluding carboxylic acids is 2. The van der Waals surface area contributed by atoms with Gasteiger partial charge in [-0.05, 0) is 24.1 Å². The zero-order valence-electron chi connectivity index (χ0n) is 15.3. The van der Waals surface area contributed by atoms with Crippen molar-refractivity contribution in [2.75, 3.05) is 6.54 Å². The largest absolute Gasteiger partial charge is 0.389 e. The van der Waals surface area contributed by atoms with E-state index in [-0.39, 0.29) is 17.9 Å². The third kappa shape index (κ3) is 2.93. The van der Waals surface area contributed by atoms with Crippen molar-refractivity contribution >= 4 is 11.7 Å². The van der Waals surface area contributed by atoms with E-state index in [1.165, 1.54) is 0 Å². The predicted octanol–water partition coefficient (Wildman–Crippen LogP) is 0.0708. The Hall–Kier alpha value is -2.58. The number of hydrogen-bond acceptors (Lipinski definition) is 6. The molecule has 1 saturated heterocycles. The molecular formula is C21H22N2O5. The monoisotopic (exact) mass is 382 g/mol. The van der Waals surface area contributed by atoms with E-state index in [4.69, 9.17) is 0 Å². The van der Waals surface area contributed by atoms with Crippen LogP contribution in [0.5, 0.6) is 0 Å². The summed E-state index contributed by atoms with van der Waals surface area (Å²) >= 11 is 0. The molecule has 1 heterocycles. The Kier molecular flexibility index (Phi) is 4.76. The van der Waals surface area contributed by atoms with E-state index < -0.39 is 36.3 Å². The lowest BCUT2D eigenvalue weighted by molar-refractivity contribution is -0.109. The van der Waals surface area contributed by atoms with Crippen molar-refractivity contribution in [2.24, 2.45) is 0 Å². The summed E-state index contributed by atoms with van der Waals surface area (Å²) in [4.78, 5) is 25.6. The third-order valence-corrected chi connectivity index (χ3v) is 5.58.